The van der Waals surface area contributed by atoms with Gasteiger partial charge in [-0.05, 0) is 30.2 Å². The fourth-order valence-electron chi connectivity index (χ4n) is 1.91. The van der Waals surface area contributed by atoms with Crippen LogP contribution < -0.4 is 10.5 Å². The van der Waals surface area contributed by atoms with Crippen LogP contribution in [0.4, 0.5) is 0 Å². The molecule has 2 aromatic rings. The van der Waals surface area contributed by atoms with Crippen molar-refractivity contribution in [2.75, 3.05) is 7.11 Å². The van der Waals surface area contributed by atoms with Gasteiger partial charge in [0.25, 0.3) is 0 Å². The normalized spacial score (nSPS) is 10.5. The summed E-state index contributed by atoms with van der Waals surface area (Å²) in [6.07, 6.45) is 4.62. The first-order valence-corrected chi connectivity index (χ1v) is 5.69. The van der Waals surface area contributed by atoms with Crippen LogP contribution in [0.3, 0.4) is 0 Å². The van der Waals surface area contributed by atoms with Gasteiger partial charge in [-0.15, -0.1) is 0 Å². The quantitative estimate of drug-likeness (QED) is 0.874. The highest BCUT2D eigenvalue weighted by Crippen LogP contribution is 2.23. The minimum Gasteiger partial charge on any atom is -0.496 e. The van der Waals surface area contributed by atoms with Crippen molar-refractivity contribution in [2.24, 2.45) is 5.73 Å². The van der Waals surface area contributed by atoms with Crippen LogP contribution in [-0.2, 0) is 13.0 Å². The molecule has 4 heteroatoms. The van der Waals surface area contributed by atoms with Gasteiger partial charge in [0.15, 0.2) is 0 Å². The summed E-state index contributed by atoms with van der Waals surface area (Å²) in [4.78, 5) is 4.22. The van der Waals surface area contributed by atoms with Crippen LogP contribution in [-0.4, -0.2) is 16.7 Å². The lowest BCUT2D eigenvalue weighted by Crippen LogP contribution is -2.06. The zero-order valence-electron chi connectivity index (χ0n) is 10.2. The Labute approximate surface area is 101 Å². The van der Waals surface area contributed by atoms with Crippen molar-refractivity contribution >= 4 is 0 Å². The summed E-state index contributed by atoms with van der Waals surface area (Å²) >= 11 is 0. The average Bonchev–Trinajstić information content (AvgIpc) is 2.86. The highest BCUT2D eigenvalue weighted by Gasteiger charge is 2.06. The number of methoxy groups -OCH3 is 1. The molecule has 2 N–H and O–H groups in total. The van der Waals surface area contributed by atoms with E-state index < -0.39 is 0 Å². The van der Waals surface area contributed by atoms with Crippen LogP contribution in [0.25, 0.3) is 5.69 Å². The third kappa shape index (κ3) is 2.17. The molecule has 1 aromatic carbocycles. The summed E-state index contributed by atoms with van der Waals surface area (Å²) in [6, 6.07) is 6.10. The van der Waals surface area contributed by atoms with Gasteiger partial charge in [-0.3, -0.25) is 0 Å². The zero-order chi connectivity index (χ0) is 12.3. The maximum Gasteiger partial charge on any atom is 0.126 e. The van der Waals surface area contributed by atoms with E-state index >= 15 is 0 Å². The van der Waals surface area contributed by atoms with Crippen molar-refractivity contribution in [3.8, 4) is 11.4 Å². The molecule has 2 rings (SSSR count). The minimum absolute atomic E-state index is 0.431. The molecule has 0 saturated heterocycles. The SMILES string of the molecule is CCc1cc(-n2ccnc2CN)ccc1OC. The van der Waals surface area contributed by atoms with Crippen LogP contribution >= 0.6 is 0 Å². The smallest absolute Gasteiger partial charge is 0.126 e. The number of imidazole rings is 1. The van der Waals surface area contributed by atoms with Crippen LogP contribution in [0.2, 0.25) is 0 Å². The van der Waals surface area contributed by atoms with Crippen LogP contribution in [0.1, 0.15) is 18.3 Å². The molecular formula is C13H17N3O. The fraction of sp³-hybridized carbons (Fsp3) is 0.308. The maximum atomic E-state index is 5.65. The summed E-state index contributed by atoms with van der Waals surface area (Å²) in [6.45, 7) is 2.54. The third-order valence-corrected chi connectivity index (χ3v) is 2.82. The monoisotopic (exact) mass is 231 g/mol. The lowest BCUT2D eigenvalue weighted by Gasteiger charge is -2.11. The molecule has 17 heavy (non-hydrogen) atoms. The number of benzene rings is 1. The number of rotatable bonds is 4. The maximum absolute atomic E-state index is 5.65. The molecule has 0 amide bonds. The Balaban J connectivity index is 2.46. The van der Waals surface area contributed by atoms with E-state index in [2.05, 4.69) is 18.0 Å². The molecule has 0 aliphatic rings. The molecule has 0 aliphatic heterocycles. The van der Waals surface area contributed by atoms with Crippen LogP contribution in [0, 0.1) is 0 Å². The van der Waals surface area contributed by atoms with Crippen LogP contribution in [0.15, 0.2) is 30.6 Å². The zero-order valence-corrected chi connectivity index (χ0v) is 10.2. The molecule has 0 aliphatic carbocycles. The Hall–Kier alpha value is -1.81. The number of ether oxygens (including phenoxy) is 1. The second kappa shape index (κ2) is 5.01. The van der Waals surface area contributed by atoms with Crippen molar-refractivity contribution in [2.45, 2.75) is 19.9 Å². The highest BCUT2D eigenvalue weighted by molar-refractivity contribution is 5.45. The average molecular weight is 231 g/mol. The Kier molecular flexibility index (Phi) is 3.44. The van der Waals surface area contributed by atoms with Crippen molar-refractivity contribution in [3.63, 3.8) is 0 Å². The number of aryl methyl sites for hydroxylation is 1. The fourth-order valence-corrected chi connectivity index (χ4v) is 1.91. The molecule has 1 heterocycles. The van der Waals surface area contributed by atoms with E-state index in [1.807, 2.05) is 22.9 Å². The van der Waals surface area contributed by atoms with Gasteiger partial charge in [0, 0.05) is 18.1 Å². The Morgan fingerprint density at radius 2 is 2.24 bits per heavy atom. The second-order valence-corrected chi connectivity index (χ2v) is 3.77. The minimum atomic E-state index is 0.431. The van der Waals surface area contributed by atoms with Gasteiger partial charge >= 0.3 is 0 Å². The molecule has 0 spiro atoms. The largest absolute Gasteiger partial charge is 0.496 e. The van der Waals surface area contributed by atoms with E-state index in [-0.39, 0.29) is 0 Å². The van der Waals surface area contributed by atoms with Crippen LogP contribution in [0.5, 0.6) is 5.75 Å². The van der Waals surface area contributed by atoms with Gasteiger partial charge < -0.3 is 15.0 Å². The van der Waals surface area contributed by atoms with Gasteiger partial charge in [-0.25, -0.2) is 4.98 Å². The van der Waals surface area contributed by atoms with Gasteiger partial charge in [0.1, 0.15) is 11.6 Å². The van der Waals surface area contributed by atoms with Crippen molar-refractivity contribution < 1.29 is 4.74 Å². The summed E-state index contributed by atoms with van der Waals surface area (Å²) in [7, 11) is 1.69. The molecule has 0 fully saturated rings. The van der Waals surface area contributed by atoms with Crippen molar-refractivity contribution in [1.82, 2.24) is 9.55 Å². The van der Waals surface area contributed by atoms with Crippen molar-refractivity contribution in [1.29, 1.82) is 0 Å². The standard InChI is InChI=1S/C13H17N3O/c1-3-10-8-11(4-5-12(10)17-2)16-7-6-15-13(16)9-14/h4-8H,3,9,14H2,1-2H3. The molecule has 1 aromatic heterocycles. The number of aromatic nitrogens is 2. The highest BCUT2D eigenvalue weighted by atomic mass is 16.5. The Morgan fingerprint density at radius 1 is 1.41 bits per heavy atom. The summed E-state index contributed by atoms with van der Waals surface area (Å²) in [5, 5.41) is 0. The van der Waals surface area contributed by atoms with E-state index in [1.165, 1.54) is 5.56 Å². The predicted molar refractivity (Wildman–Crippen MR) is 67.4 cm³/mol. The first-order valence-electron chi connectivity index (χ1n) is 5.69. The molecule has 4 nitrogen and oxygen atoms in total. The van der Waals surface area contributed by atoms with Gasteiger partial charge in [0.2, 0.25) is 0 Å². The third-order valence-electron chi connectivity index (χ3n) is 2.82. The van der Waals surface area contributed by atoms with Gasteiger partial charge in [0.05, 0.1) is 13.7 Å². The second-order valence-electron chi connectivity index (χ2n) is 3.77. The van der Waals surface area contributed by atoms with E-state index in [1.54, 1.807) is 13.3 Å². The molecule has 0 saturated carbocycles. The molecule has 0 bridgehead atoms. The van der Waals surface area contributed by atoms with Gasteiger partial charge in [-0.2, -0.15) is 0 Å². The van der Waals surface area contributed by atoms with Crippen molar-refractivity contribution in [3.05, 3.63) is 42.0 Å². The molecule has 0 atom stereocenters. The molecule has 90 valence electrons. The number of nitrogens with two attached hydrogens (primary N) is 1. The summed E-state index contributed by atoms with van der Waals surface area (Å²) < 4.78 is 7.31. The number of hydrogen-bond donors (Lipinski definition) is 1. The number of nitrogens with zero attached hydrogens (tertiary/aromatic N) is 2. The topological polar surface area (TPSA) is 53.1 Å². The van der Waals surface area contributed by atoms with Gasteiger partial charge in [-0.1, -0.05) is 6.92 Å². The molecule has 0 radical (unpaired) electrons. The lowest BCUT2D eigenvalue weighted by molar-refractivity contribution is 0.410. The molecular weight excluding hydrogens is 214 g/mol. The lowest BCUT2D eigenvalue weighted by atomic mass is 10.1. The van der Waals surface area contributed by atoms with E-state index in [0.29, 0.717) is 6.54 Å². The molecule has 0 unspecified atom stereocenters. The van der Waals surface area contributed by atoms with E-state index in [0.717, 1.165) is 23.7 Å². The Bertz CT molecular complexity index is 505. The van der Waals surface area contributed by atoms with E-state index in [9.17, 15) is 0 Å². The Morgan fingerprint density at radius 3 is 2.88 bits per heavy atom. The first-order chi connectivity index (χ1) is 8.30. The summed E-state index contributed by atoms with van der Waals surface area (Å²) in [5.74, 6) is 1.78. The number of hydrogen-bond acceptors (Lipinski definition) is 3. The first kappa shape index (κ1) is 11.7. The van der Waals surface area contributed by atoms with E-state index in [4.69, 9.17) is 10.5 Å². The summed E-state index contributed by atoms with van der Waals surface area (Å²) in [5.41, 5.74) is 7.90. The predicted octanol–water partition coefficient (Wildman–Crippen LogP) is 1.90.